The molecule has 0 amide bonds. The first kappa shape index (κ1) is 33.0. The van der Waals surface area contributed by atoms with Crippen molar-refractivity contribution in [1.82, 2.24) is 0 Å². The van der Waals surface area contributed by atoms with E-state index in [1.165, 1.54) is 5.57 Å². The topological polar surface area (TPSA) is 141 Å². The number of carbonyl (C=O) groups is 3. The molecule has 258 valence electrons. The number of hydrogen-bond acceptors (Lipinski definition) is 10. The number of ketones is 2. The van der Waals surface area contributed by atoms with Gasteiger partial charge in [-0.25, -0.2) is 0 Å². The van der Waals surface area contributed by atoms with E-state index >= 15 is 0 Å². The van der Waals surface area contributed by atoms with Gasteiger partial charge >= 0.3 is 0 Å². The van der Waals surface area contributed by atoms with Gasteiger partial charge in [0.15, 0.2) is 22.8 Å². The molecule has 2 saturated heterocycles. The SMILES string of the molecule is CC(C)=CCC[C@]1(C)CCc2c(O)c3c(c(C(O)C4OC4(C)C)c2O1)O[C@]12C(=CC4CC1C(C)(C)OC2(C/C=C(/C)OC=O)C4=O)C3=O. The number of aliphatic hydroxyl groups excluding tert-OH is 1. The van der Waals surface area contributed by atoms with Crippen LogP contribution in [0.1, 0.15) is 115 Å². The summed E-state index contributed by atoms with van der Waals surface area (Å²) in [5, 5.41) is 24.0. The summed E-state index contributed by atoms with van der Waals surface area (Å²) in [4.78, 5) is 40.4. The first-order valence-corrected chi connectivity index (χ1v) is 17.0. The highest BCUT2D eigenvalue weighted by Crippen LogP contribution is 2.69. The van der Waals surface area contributed by atoms with Crippen molar-refractivity contribution in [3.8, 4) is 17.2 Å². The van der Waals surface area contributed by atoms with Crippen molar-refractivity contribution in [3.63, 3.8) is 0 Å². The van der Waals surface area contributed by atoms with Gasteiger partial charge in [0.05, 0.1) is 16.8 Å². The number of allylic oxidation sites excluding steroid dienone is 4. The van der Waals surface area contributed by atoms with Gasteiger partial charge in [-0.05, 0) is 93.6 Å². The van der Waals surface area contributed by atoms with Gasteiger partial charge < -0.3 is 33.9 Å². The molecular formula is C38H46O10. The van der Waals surface area contributed by atoms with E-state index in [9.17, 15) is 24.6 Å². The third-order valence-corrected chi connectivity index (χ3v) is 11.6. The molecule has 3 fully saturated rings. The minimum atomic E-state index is -1.64. The average molecular weight is 663 g/mol. The van der Waals surface area contributed by atoms with E-state index in [0.29, 0.717) is 43.5 Å². The van der Waals surface area contributed by atoms with Gasteiger partial charge in [-0.1, -0.05) is 17.7 Å². The van der Waals surface area contributed by atoms with Crippen molar-refractivity contribution >= 4 is 18.0 Å². The van der Waals surface area contributed by atoms with Gasteiger partial charge in [-0.3, -0.25) is 14.4 Å². The summed E-state index contributed by atoms with van der Waals surface area (Å²) in [5.41, 5.74) is -3.27. The molecule has 2 N–H and O–H groups in total. The number of phenolic OH excluding ortho intramolecular Hbond substituents is 1. The molecule has 1 aromatic rings. The number of fused-ring (bicyclic) bond motifs is 2. The second-order valence-electron chi connectivity index (χ2n) is 16.0. The molecule has 7 atom stereocenters. The molecule has 0 aromatic heterocycles. The van der Waals surface area contributed by atoms with E-state index in [1.807, 2.05) is 48.5 Å². The lowest BCUT2D eigenvalue weighted by Gasteiger charge is -2.56. The minimum absolute atomic E-state index is 0.00517. The van der Waals surface area contributed by atoms with Gasteiger partial charge in [-0.2, -0.15) is 0 Å². The predicted molar refractivity (Wildman–Crippen MR) is 174 cm³/mol. The number of hydrogen-bond donors (Lipinski definition) is 2. The molecule has 4 heterocycles. The first-order valence-electron chi connectivity index (χ1n) is 17.0. The van der Waals surface area contributed by atoms with Gasteiger partial charge in [0.1, 0.15) is 46.4 Å². The molecule has 1 spiro atoms. The highest BCUT2D eigenvalue weighted by Gasteiger charge is 2.81. The van der Waals surface area contributed by atoms with E-state index in [-0.39, 0.29) is 46.2 Å². The standard InChI is InChI=1S/C38H46O10/c1-19(2)10-9-13-36(8)14-12-22-27(40)25-28(41)23-16-21-17-24-34(4,5)48-37(32(21)43,15-11-20(3)44-18-39)38(23,24)46-31(25)26(30(22)45-36)29(42)33-35(6,7)47-33/h10-11,16,18,21,24,29,33,40,42H,9,12-15,17H2,1-8H3/b20-11-/t21?,24?,29?,33?,36-,37?,38-/m1/s1. The van der Waals surface area contributed by atoms with Crippen molar-refractivity contribution in [1.29, 1.82) is 0 Å². The summed E-state index contributed by atoms with van der Waals surface area (Å²) in [6.07, 6.45) is 6.46. The summed E-state index contributed by atoms with van der Waals surface area (Å²) < 4.78 is 31.7. The Hall–Kier alpha value is -3.47. The molecule has 10 nitrogen and oxygen atoms in total. The summed E-state index contributed by atoms with van der Waals surface area (Å²) in [6.45, 7) is 15.6. The quantitative estimate of drug-likeness (QED) is 0.142. The smallest absolute Gasteiger partial charge is 0.298 e. The van der Waals surface area contributed by atoms with Crippen LogP contribution in [-0.2, 0) is 30.2 Å². The Kier molecular flexibility index (Phi) is 7.24. The van der Waals surface area contributed by atoms with Gasteiger partial charge in [0.25, 0.3) is 6.47 Å². The summed E-state index contributed by atoms with van der Waals surface area (Å²) in [5.74, 6) is -1.39. The van der Waals surface area contributed by atoms with Crippen molar-refractivity contribution in [3.05, 3.63) is 51.8 Å². The van der Waals surface area contributed by atoms with Crippen molar-refractivity contribution in [2.24, 2.45) is 11.8 Å². The van der Waals surface area contributed by atoms with E-state index in [4.69, 9.17) is 23.7 Å². The Morgan fingerprint density at radius 3 is 2.42 bits per heavy atom. The molecule has 10 heteroatoms. The molecule has 1 saturated carbocycles. The molecule has 3 aliphatic carbocycles. The molecule has 0 radical (unpaired) electrons. The highest BCUT2D eigenvalue weighted by atomic mass is 16.6. The number of Topliss-reactive ketones (excluding diaryl/α,β-unsaturated/α-hetero) is 2. The average Bonchev–Trinajstić information content (AvgIpc) is 3.60. The zero-order chi connectivity index (χ0) is 34.8. The van der Waals surface area contributed by atoms with Gasteiger partial charge in [0, 0.05) is 29.4 Å². The zero-order valence-corrected chi connectivity index (χ0v) is 29.0. The van der Waals surface area contributed by atoms with Crippen LogP contribution in [0.15, 0.2) is 35.1 Å². The third kappa shape index (κ3) is 4.44. The van der Waals surface area contributed by atoms with Crippen molar-refractivity contribution in [2.45, 2.75) is 134 Å². The molecule has 48 heavy (non-hydrogen) atoms. The molecule has 7 aliphatic rings. The van der Waals surface area contributed by atoms with Gasteiger partial charge in [0.2, 0.25) is 0 Å². The lowest BCUT2D eigenvalue weighted by Crippen LogP contribution is -2.72. The van der Waals surface area contributed by atoms with Crippen LogP contribution in [0, 0.1) is 11.8 Å². The van der Waals surface area contributed by atoms with Crippen LogP contribution in [0.4, 0.5) is 0 Å². The highest BCUT2D eigenvalue weighted by molar-refractivity contribution is 6.18. The molecule has 1 aromatic carbocycles. The maximum absolute atomic E-state index is 14.9. The Labute approximate surface area is 281 Å². The molecule has 5 unspecified atom stereocenters. The maximum atomic E-state index is 14.9. The second-order valence-corrected chi connectivity index (χ2v) is 16.0. The van der Waals surface area contributed by atoms with Gasteiger partial charge in [-0.15, -0.1) is 0 Å². The molecule has 4 bridgehead atoms. The lowest BCUT2D eigenvalue weighted by atomic mass is 9.51. The van der Waals surface area contributed by atoms with Crippen LogP contribution < -0.4 is 9.47 Å². The van der Waals surface area contributed by atoms with Crippen molar-refractivity contribution in [2.75, 3.05) is 0 Å². The molecular weight excluding hydrogens is 616 g/mol. The number of epoxide rings is 1. The summed E-state index contributed by atoms with van der Waals surface area (Å²) in [7, 11) is 0. The van der Waals surface area contributed by atoms with Crippen LogP contribution in [-0.4, -0.2) is 62.4 Å². The Bertz CT molecular complexity index is 1730. The number of aromatic hydroxyl groups is 1. The number of carbonyl (C=O) groups excluding carboxylic acids is 3. The fraction of sp³-hybridized carbons (Fsp3) is 0.605. The summed E-state index contributed by atoms with van der Waals surface area (Å²) >= 11 is 0. The van der Waals surface area contributed by atoms with Crippen LogP contribution in [0.2, 0.25) is 0 Å². The number of rotatable bonds is 9. The largest absolute Gasteiger partial charge is 0.507 e. The Balaban J connectivity index is 1.45. The summed E-state index contributed by atoms with van der Waals surface area (Å²) in [6, 6.07) is 0. The normalized spacial score (nSPS) is 35.3. The van der Waals surface area contributed by atoms with Crippen LogP contribution in [0.3, 0.4) is 0 Å². The number of benzene rings is 1. The third-order valence-electron chi connectivity index (χ3n) is 11.6. The van der Waals surface area contributed by atoms with E-state index < -0.39 is 57.8 Å². The predicted octanol–water partition coefficient (Wildman–Crippen LogP) is 5.91. The minimum Gasteiger partial charge on any atom is -0.507 e. The number of ether oxygens (including phenoxy) is 5. The number of aliphatic hydroxyl groups is 1. The van der Waals surface area contributed by atoms with E-state index in [1.54, 1.807) is 19.1 Å². The van der Waals surface area contributed by atoms with Crippen LogP contribution >= 0.6 is 0 Å². The molecule has 4 aliphatic heterocycles. The van der Waals surface area contributed by atoms with Crippen molar-refractivity contribution < 1.29 is 48.3 Å². The first-order chi connectivity index (χ1) is 22.4. The fourth-order valence-corrected chi connectivity index (χ4v) is 9.16. The Morgan fingerprint density at radius 2 is 1.77 bits per heavy atom. The number of phenols is 1. The fourth-order valence-electron chi connectivity index (χ4n) is 9.16. The maximum Gasteiger partial charge on any atom is 0.298 e. The second kappa shape index (κ2) is 10.5. The van der Waals surface area contributed by atoms with E-state index in [0.717, 1.165) is 6.42 Å². The Morgan fingerprint density at radius 1 is 1.06 bits per heavy atom. The lowest BCUT2D eigenvalue weighted by molar-refractivity contribution is -0.171. The van der Waals surface area contributed by atoms with E-state index in [2.05, 4.69) is 6.08 Å². The zero-order valence-electron chi connectivity index (χ0n) is 29.0. The van der Waals surface area contributed by atoms with Crippen LogP contribution in [0.5, 0.6) is 17.2 Å². The van der Waals surface area contributed by atoms with Crippen LogP contribution in [0.25, 0.3) is 0 Å². The molecule has 8 rings (SSSR count). The monoisotopic (exact) mass is 662 g/mol.